The molecule has 1 aromatic heterocycles. The summed E-state index contributed by atoms with van der Waals surface area (Å²) in [6.45, 7) is 9.79. The fourth-order valence-electron chi connectivity index (χ4n) is 5.11. The third-order valence-electron chi connectivity index (χ3n) is 7.48. The second-order valence-corrected chi connectivity index (χ2v) is 10.4. The normalized spacial score (nSPS) is 14.9. The van der Waals surface area contributed by atoms with E-state index in [4.69, 9.17) is 4.74 Å². The standard InChI is InChI=1S/C31H33F3N4O4/c1-6-28(39)37-26-14-21(31(32,33)34)7-8-23(26)20-12-24(19(4)27(13-20)38(5)22-9-10-42-16-22)29(40)35-15-25-17(2)11-18(3)36-30(25)41/h6-8,11-14,22H,1,9-10,15-16H2,2-5H3,(H,35,40)(H,36,41)(H,37,39). The molecule has 42 heavy (non-hydrogen) atoms. The van der Waals surface area contributed by atoms with E-state index >= 15 is 0 Å². The SMILES string of the molecule is C=CC(=O)Nc1cc(C(F)(F)F)ccc1-c1cc(C(=O)NCc2c(C)cc(C)[nH]c2=O)c(C)c(N(C)C2CCOC2)c1. The van der Waals surface area contributed by atoms with E-state index in [1.165, 1.54) is 6.07 Å². The number of aromatic nitrogens is 1. The number of H-pyrrole nitrogens is 1. The zero-order valence-electron chi connectivity index (χ0n) is 23.9. The van der Waals surface area contributed by atoms with E-state index in [1.54, 1.807) is 32.9 Å². The van der Waals surface area contributed by atoms with E-state index in [2.05, 4.69) is 22.2 Å². The lowest BCUT2D eigenvalue weighted by molar-refractivity contribution is -0.137. The minimum absolute atomic E-state index is 0.0213. The molecule has 2 heterocycles. The number of aromatic amines is 1. The molecule has 0 bridgehead atoms. The number of aryl methyl sites for hydroxylation is 2. The number of pyridine rings is 1. The second kappa shape index (κ2) is 12.2. The van der Waals surface area contributed by atoms with Crippen LogP contribution in [0.2, 0.25) is 0 Å². The molecule has 11 heteroatoms. The Kier molecular flexibility index (Phi) is 8.91. The van der Waals surface area contributed by atoms with Gasteiger partial charge in [-0.3, -0.25) is 14.4 Å². The van der Waals surface area contributed by atoms with Crippen molar-refractivity contribution >= 4 is 23.2 Å². The summed E-state index contributed by atoms with van der Waals surface area (Å²) < 4.78 is 46.2. The summed E-state index contributed by atoms with van der Waals surface area (Å²) in [6, 6.07) is 8.25. The van der Waals surface area contributed by atoms with Crippen LogP contribution in [0.5, 0.6) is 0 Å². The summed E-state index contributed by atoms with van der Waals surface area (Å²) in [5, 5.41) is 5.30. The number of benzene rings is 2. The van der Waals surface area contributed by atoms with Crippen molar-refractivity contribution < 1.29 is 27.5 Å². The summed E-state index contributed by atoms with van der Waals surface area (Å²) in [4.78, 5) is 43.0. The van der Waals surface area contributed by atoms with Crippen LogP contribution in [0.4, 0.5) is 24.5 Å². The van der Waals surface area contributed by atoms with Crippen LogP contribution in [-0.2, 0) is 22.3 Å². The predicted molar refractivity (Wildman–Crippen MR) is 156 cm³/mol. The van der Waals surface area contributed by atoms with Crippen molar-refractivity contribution in [3.63, 3.8) is 0 Å². The zero-order valence-corrected chi connectivity index (χ0v) is 23.9. The Morgan fingerprint density at radius 3 is 2.52 bits per heavy atom. The number of halogens is 3. The minimum Gasteiger partial charge on any atom is -0.379 e. The highest BCUT2D eigenvalue weighted by Crippen LogP contribution is 2.39. The average molecular weight is 583 g/mol. The molecule has 0 spiro atoms. The van der Waals surface area contributed by atoms with Crippen molar-refractivity contribution in [2.24, 2.45) is 0 Å². The smallest absolute Gasteiger partial charge is 0.379 e. The number of anilines is 2. The Morgan fingerprint density at radius 1 is 1.17 bits per heavy atom. The summed E-state index contributed by atoms with van der Waals surface area (Å²) in [7, 11) is 1.87. The van der Waals surface area contributed by atoms with Gasteiger partial charge in [0.25, 0.3) is 11.5 Å². The van der Waals surface area contributed by atoms with E-state index in [0.717, 1.165) is 30.2 Å². The van der Waals surface area contributed by atoms with Gasteiger partial charge in [-0.25, -0.2) is 0 Å². The third-order valence-corrected chi connectivity index (χ3v) is 7.48. The maximum atomic E-state index is 13.6. The summed E-state index contributed by atoms with van der Waals surface area (Å²) in [5.74, 6) is -1.14. The van der Waals surface area contributed by atoms with Crippen molar-refractivity contribution in [1.29, 1.82) is 0 Å². The highest BCUT2D eigenvalue weighted by molar-refractivity contribution is 6.03. The van der Waals surface area contributed by atoms with Crippen LogP contribution in [0.1, 0.15) is 44.7 Å². The van der Waals surface area contributed by atoms with Gasteiger partial charge in [0.05, 0.1) is 18.2 Å². The van der Waals surface area contributed by atoms with Crippen LogP contribution in [0.3, 0.4) is 0 Å². The second-order valence-electron chi connectivity index (χ2n) is 10.4. The summed E-state index contributed by atoms with van der Waals surface area (Å²) in [6.07, 6.45) is -2.91. The first-order valence-corrected chi connectivity index (χ1v) is 13.4. The Labute approximate surface area is 241 Å². The van der Waals surface area contributed by atoms with Gasteiger partial charge in [0.1, 0.15) is 0 Å². The van der Waals surface area contributed by atoms with E-state index in [0.29, 0.717) is 41.3 Å². The van der Waals surface area contributed by atoms with Crippen LogP contribution in [0, 0.1) is 20.8 Å². The first-order valence-electron chi connectivity index (χ1n) is 13.4. The van der Waals surface area contributed by atoms with Gasteiger partial charge in [0.2, 0.25) is 5.91 Å². The largest absolute Gasteiger partial charge is 0.416 e. The molecule has 3 N–H and O–H groups in total. The Balaban J connectivity index is 1.83. The van der Waals surface area contributed by atoms with Gasteiger partial charge in [-0.1, -0.05) is 12.6 Å². The van der Waals surface area contributed by atoms with Gasteiger partial charge < -0.3 is 25.3 Å². The Morgan fingerprint density at radius 2 is 1.90 bits per heavy atom. The first-order chi connectivity index (χ1) is 19.8. The highest BCUT2D eigenvalue weighted by atomic mass is 19.4. The van der Waals surface area contributed by atoms with Crippen LogP contribution >= 0.6 is 0 Å². The lowest BCUT2D eigenvalue weighted by atomic mass is 9.94. The number of hydrogen-bond acceptors (Lipinski definition) is 5. The molecule has 4 rings (SSSR count). The van der Waals surface area contributed by atoms with Crippen LogP contribution < -0.4 is 21.1 Å². The number of nitrogens with one attached hydrogen (secondary N) is 3. The van der Waals surface area contributed by atoms with Crippen molar-refractivity contribution in [1.82, 2.24) is 10.3 Å². The number of nitrogens with zero attached hydrogens (tertiary/aromatic N) is 1. The van der Waals surface area contributed by atoms with Crippen molar-refractivity contribution in [2.45, 2.75) is 46.0 Å². The summed E-state index contributed by atoms with van der Waals surface area (Å²) >= 11 is 0. The lowest BCUT2D eigenvalue weighted by Gasteiger charge is -2.29. The number of carbonyl (C=O) groups is 2. The highest BCUT2D eigenvalue weighted by Gasteiger charge is 2.32. The lowest BCUT2D eigenvalue weighted by Crippen LogP contribution is -2.33. The molecule has 1 unspecified atom stereocenters. The molecule has 2 aromatic carbocycles. The molecule has 0 saturated carbocycles. The number of ether oxygens (including phenoxy) is 1. The number of carbonyl (C=O) groups excluding carboxylic acids is 2. The minimum atomic E-state index is -4.63. The van der Waals surface area contributed by atoms with Crippen molar-refractivity contribution in [3.8, 4) is 11.1 Å². The molecule has 3 aromatic rings. The van der Waals surface area contributed by atoms with E-state index in [-0.39, 0.29) is 35.0 Å². The molecule has 1 aliphatic heterocycles. The topological polar surface area (TPSA) is 104 Å². The van der Waals surface area contributed by atoms with Gasteiger partial charge in [-0.05, 0) is 80.3 Å². The predicted octanol–water partition coefficient (Wildman–Crippen LogP) is 5.27. The summed E-state index contributed by atoms with van der Waals surface area (Å²) in [5.41, 5.74) is 2.84. The number of amides is 2. The van der Waals surface area contributed by atoms with Gasteiger partial charge >= 0.3 is 6.18 Å². The third kappa shape index (κ3) is 6.57. The fraction of sp³-hybridized carbons (Fsp3) is 0.323. The zero-order chi connectivity index (χ0) is 30.8. The molecule has 0 radical (unpaired) electrons. The molecular weight excluding hydrogens is 549 g/mol. The molecule has 1 atom stereocenters. The van der Waals surface area contributed by atoms with E-state index in [9.17, 15) is 27.6 Å². The van der Waals surface area contributed by atoms with Crippen molar-refractivity contribution in [2.75, 3.05) is 30.5 Å². The molecule has 2 amide bonds. The van der Waals surface area contributed by atoms with Gasteiger partial charge in [-0.15, -0.1) is 0 Å². The maximum Gasteiger partial charge on any atom is 0.416 e. The van der Waals surface area contributed by atoms with Gasteiger partial charge in [0.15, 0.2) is 0 Å². The molecule has 0 aliphatic carbocycles. The van der Waals surface area contributed by atoms with Gasteiger partial charge in [0, 0.05) is 54.0 Å². The number of hydrogen-bond donors (Lipinski definition) is 3. The number of alkyl halides is 3. The van der Waals surface area contributed by atoms with Crippen LogP contribution in [0.15, 0.2) is 53.8 Å². The van der Waals surface area contributed by atoms with Crippen LogP contribution in [-0.4, -0.2) is 43.1 Å². The first kappa shape index (κ1) is 30.6. The Bertz CT molecular complexity index is 1590. The molecule has 222 valence electrons. The fourth-order valence-corrected chi connectivity index (χ4v) is 5.11. The molecule has 1 aliphatic rings. The molecule has 1 saturated heterocycles. The molecule has 8 nitrogen and oxygen atoms in total. The van der Waals surface area contributed by atoms with E-state index in [1.807, 2.05) is 18.0 Å². The van der Waals surface area contributed by atoms with Crippen LogP contribution in [0.25, 0.3) is 11.1 Å². The van der Waals surface area contributed by atoms with Gasteiger partial charge in [-0.2, -0.15) is 13.2 Å². The monoisotopic (exact) mass is 582 g/mol. The molecular formula is C31H33F3N4O4. The number of rotatable bonds is 8. The van der Waals surface area contributed by atoms with Crippen molar-refractivity contribution in [3.05, 3.63) is 92.9 Å². The average Bonchev–Trinajstić information content (AvgIpc) is 3.47. The maximum absolute atomic E-state index is 13.6. The number of likely N-dealkylation sites (N-methyl/N-ethyl adjacent to an activating group) is 1. The van der Waals surface area contributed by atoms with E-state index < -0.39 is 23.6 Å². The molecule has 1 fully saturated rings. The Hall–Kier alpha value is -4.38. The quantitative estimate of drug-likeness (QED) is 0.314.